The number of nitrogens with zero attached hydrogens (tertiary/aromatic N) is 1. The molecule has 0 aromatic heterocycles. The van der Waals surface area contributed by atoms with E-state index in [1.807, 2.05) is 0 Å². The van der Waals surface area contributed by atoms with Crippen LogP contribution in [-0.4, -0.2) is 11.8 Å². The zero-order valence-electron chi connectivity index (χ0n) is 4.01. The Morgan fingerprint density at radius 1 is 2.00 bits per heavy atom. The second kappa shape index (κ2) is 2.32. The summed E-state index contributed by atoms with van der Waals surface area (Å²) in [6.07, 6.45) is 0. The van der Waals surface area contributed by atoms with Gasteiger partial charge < -0.3 is 5.73 Å². The summed E-state index contributed by atoms with van der Waals surface area (Å²) in [6, 6.07) is 0.766. The maximum atomic E-state index is 10.0. The van der Waals surface area contributed by atoms with Gasteiger partial charge in [-0.25, -0.2) is 0 Å². The predicted octanol–water partition coefficient (Wildman–Crippen LogP) is -0.574. The smallest absolute Gasteiger partial charge is 0.248 e. The van der Waals surface area contributed by atoms with Crippen molar-refractivity contribution in [1.29, 1.82) is 5.26 Å². The standard InChI is InChI=1S/C4H6N2O/c1-3(6)4(7)2-5/h3H,6H2,1H3/t3-/m0/s1. The quantitative estimate of drug-likeness (QED) is 0.446. The molecule has 7 heavy (non-hydrogen) atoms. The van der Waals surface area contributed by atoms with Crippen LogP contribution in [-0.2, 0) is 4.79 Å². The lowest BCUT2D eigenvalue weighted by atomic mass is 10.2. The molecule has 0 aliphatic carbocycles. The Morgan fingerprint density at radius 3 is 2.43 bits per heavy atom. The van der Waals surface area contributed by atoms with Crippen LogP contribution in [0.5, 0.6) is 0 Å². The molecule has 0 rings (SSSR count). The lowest BCUT2D eigenvalue weighted by Gasteiger charge is -1.89. The minimum atomic E-state index is -0.634. The van der Waals surface area contributed by atoms with Crippen molar-refractivity contribution in [2.45, 2.75) is 13.0 Å². The van der Waals surface area contributed by atoms with Gasteiger partial charge in [-0.3, -0.25) is 4.79 Å². The van der Waals surface area contributed by atoms with Crippen LogP contribution in [0.3, 0.4) is 0 Å². The molecular weight excluding hydrogens is 92.1 g/mol. The van der Waals surface area contributed by atoms with Crippen LogP contribution in [0.25, 0.3) is 0 Å². The predicted molar refractivity (Wildman–Crippen MR) is 24.3 cm³/mol. The molecule has 0 fully saturated rings. The van der Waals surface area contributed by atoms with Crippen LogP contribution in [0, 0.1) is 11.3 Å². The lowest BCUT2D eigenvalue weighted by Crippen LogP contribution is -2.24. The van der Waals surface area contributed by atoms with E-state index in [4.69, 9.17) is 11.0 Å². The third-order valence-electron chi connectivity index (χ3n) is 0.524. The molecule has 0 spiro atoms. The van der Waals surface area contributed by atoms with Crippen molar-refractivity contribution in [3.05, 3.63) is 0 Å². The van der Waals surface area contributed by atoms with Gasteiger partial charge in [0.05, 0.1) is 6.04 Å². The Kier molecular flexibility index (Phi) is 2.03. The van der Waals surface area contributed by atoms with Crippen molar-refractivity contribution >= 4 is 5.78 Å². The maximum absolute atomic E-state index is 10.0. The summed E-state index contributed by atoms with van der Waals surface area (Å²) in [6.45, 7) is 1.48. The fourth-order valence-electron chi connectivity index (χ4n) is 0.102. The second-order valence-electron chi connectivity index (χ2n) is 1.26. The Morgan fingerprint density at radius 2 is 2.43 bits per heavy atom. The lowest BCUT2D eigenvalue weighted by molar-refractivity contribution is -0.114. The highest BCUT2D eigenvalue weighted by atomic mass is 16.1. The Bertz CT molecular complexity index is 111. The Labute approximate surface area is 41.7 Å². The van der Waals surface area contributed by atoms with Gasteiger partial charge in [0.15, 0.2) is 0 Å². The van der Waals surface area contributed by atoms with Gasteiger partial charge >= 0.3 is 0 Å². The topological polar surface area (TPSA) is 66.9 Å². The third kappa shape index (κ3) is 1.90. The van der Waals surface area contributed by atoms with Crippen molar-refractivity contribution in [2.24, 2.45) is 5.73 Å². The minimum absolute atomic E-state index is 0.569. The van der Waals surface area contributed by atoms with Gasteiger partial charge in [-0.15, -0.1) is 0 Å². The highest BCUT2D eigenvalue weighted by molar-refractivity contribution is 5.97. The van der Waals surface area contributed by atoms with E-state index in [9.17, 15) is 4.79 Å². The van der Waals surface area contributed by atoms with Gasteiger partial charge in [0.25, 0.3) is 0 Å². The number of hydrogen-bond acceptors (Lipinski definition) is 3. The number of carbonyl (C=O) groups excluding carboxylic acids is 1. The van der Waals surface area contributed by atoms with E-state index >= 15 is 0 Å². The molecule has 1 atom stereocenters. The first-order valence-electron chi connectivity index (χ1n) is 1.88. The highest BCUT2D eigenvalue weighted by Crippen LogP contribution is 1.72. The number of hydrogen-bond donors (Lipinski definition) is 1. The number of rotatable bonds is 1. The van der Waals surface area contributed by atoms with Gasteiger partial charge in [-0.2, -0.15) is 5.26 Å². The summed E-state index contributed by atoms with van der Waals surface area (Å²) in [5.41, 5.74) is 4.97. The zero-order valence-corrected chi connectivity index (χ0v) is 4.01. The third-order valence-corrected chi connectivity index (χ3v) is 0.524. The molecule has 0 aromatic carbocycles. The molecule has 38 valence electrons. The van der Waals surface area contributed by atoms with Crippen molar-refractivity contribution in [3.63, 3.8) is 0 Å². The fourth-order valence-corrected chi connectivity index (χ4v) is 0.102. The number of nitriles is 1. The monoisotopic (exact) mass is 98.0 g/mol. The van der Waals surface area contributed by atoms with Gasteiger partial charge in [0.1, 0.15) is 6.07 Å². The Hall–Kier alpha value is -0.880. The van der Waals surface area contributed by atoms with E-state index < -0.39 is 11.8 Å². The van der Waals surface area contributed by atoms with Crippen LogP contribution in [0.2, 0.25) is 0 Å². The van der Waals surface area contributed by atoms with Crippen LogP contribution >= 0.6 is 0 Å². The molecule has 0 radical (unpaired) electrons. The summed E-state index contributed by atoms with van der Waals surface area (Å²) in [5, 5.41) is 7.83. The molecule has 3 heteroatoms. The average Bonchev–Trinajstić information content (AvgIpc) is 1.65. The summed E-state index contributed by atoms with van der Waals surface area (Å²) in [5.74, 6) is -0.569. The van der Waals surface area contributed by atoms with Crippen LogP contribution in [0.4, 0.5) is 0 Å². The molecule has 2 N–H and O–H groups in total. The largest absolute Gasteiger partial charge is 0.321 e. The van der Waals surface area contributed by atoms with Gasteiger partial charge in [0.2, 0.25) is 5.78 Å². The molecule has 0 saturated heterocycles. The molecule has 0 amide bonds. The number of Topliss-reactive ketones (excluding diaryl/α,β-unsaturated/α-hetero) is 1. The van der Waals surface area contributed by atoms with Crippen LogP contribution in [0.1, 0.15) is 6.92 Å². The van der Waals surface area contributed by atoms with Crippen molar-refractivity contribution in [3.8, 4) is 6.07 Å². The molecule has 3 nitrogen and oxygen atoms in total. The van der Waals surface area contributed by atoms with Crippen LogP contribution < -0.4 is 5.73 Å². The second-order valence-corrected chi connectivity index (χ2v) is 1.26. The molecule has 0 unspecified atom stereocenters. The molecule has 0 bridgehead atoms. The molecule has 0 saturated carbocycles. The normalized spacial score (nSPS) is 12.1. The zero-order chi connectivity index (χ0) is 5.86. The van der Waals surface area contributed by atoms with Gasteiger partial charge in [-0.05, 0) is 6.92 Å². The first-order valence-corrected chi connectivity index (χ1v) is 1.88. The molecule has 0 heterocycles. The summed E-state index contributed by atoms with van der Waals surface area (Å²) < 4.78 is 0. The first kappa shape index (κ1) is 6.12. The van der Waals surface area contributed by atoms with Gasteiger partial charge in [-0.1, -0.05) is 0 Å². The molecular formula is C4H6N2O. The van der Waals surface area contributed by atoms with Crippen molar-refractivity contribution in [1.82, 2.24) is 0 Å². The van der Waals surface area contributed by atoms with E-state index in [-0.39, 0.29) is 0 Å². The first-order chi connectivity index (χ1) is 3.18. The van der Waals surface area contributed by atoms with Gasteiger partial charge in [0, 0.05) is 0 Å². The van der Waals surface area contributed by atoms with E-state index in [0.717, 1.165) is 0 Å². The van der Waals surface area contributed by atoms with E-state index in [0.29, 0.717) is 0 Å². The van der Waals surface area contributed by atoms with E-state index in [1.54, 1.807) is 0 Å². The number of nitrogens with two attached hydrogens (primary N) is 1. The van der Waals surface area contributed by atoms with Crippen molar-refractivity contribution in [2.75, 3.05) is 0 Å². The van der Waals surface area contributed by atoms with Crippen molar-refractivity contribution < 1.29 is 4.79 Å². The molecule has 0 aliphatic heterocycles. The Balaban J connectivity index is 3.64. The average molecular weight is 98.1 g/mol. The summed E-state index contributed by atoms with van der Waals surface area (Å²) in [7, 11) is 0. The summed E-state index contributed by atoms with van der Waals surface area (Å²) in [4.78, 5) is 10.0. The summed E-state index contributed by atoms with van der Waals surface area (Å²) >= 11 is 0. The maximum Gasteiger partial charge on any atom is 0.248 e. The number of carbonyl (C=O) groups is 1. The number of ketones is 1. The van der Waals surface area contributed by atoms with Crippen LogP contribution in [0.15, 0.2) is 0 Å². The highest BCUT2D eigenvalue weighted by Gasteiger charge is 2.02. The van der Waals surface area contributed by atoms with E-state index in [1.165, 1.54) is 13.0 Å². The minimum Gasteiger partial charge on any atom is -0.321 e. The fraction of sp³-hybridized carbons (Fsp3) is 0.500. The molecule has 0 aliphatic rings. The van der Waals surface area contributed by atoms with E-state index in [2.05, 4.69) is 0 Å². The molecule has 0 aromatic rings. The SMILES string of the molecule is C[C@H](N)C(=O)C#N.